The maximum atomic E-state index is 13.4. The first-order valence-corrected chi connectivity index (χ1v) is 20.8. The minimum atomic E-state index is -4.75. The molecule has 2 unspecified atom stereocenters. The van der Waals surface area contributed by atoms with Crippen molar-refractivity contribution in [2.45, 2.75) is 52.1 Å². The molecule has 0 aliphatic heterocycles. The quantitative estimate of drug-likeness (QED) is 0.0484. The predicted molar refractivity (Wildman–Crippen MR) is 243 cm³/mol. The molecule has 5 rings (SSSR count). The minimum Gasteiger partial charge on any atom is -0.324 e. The summed E-state index contributed by atoms with van der Waals surface area (Å²) in [5, 5.41) is 24.0. The molecule has 68 heavy (non-hydrogen) atoms. The third-order valence-corrected chi connectivity index (χ3v) is 10.8. The second-order valence-corrected chi connectivity index (χ2v) is 16.1. The molecular weight excluding hydrogens is 992 g/mol. The number of carbonyl (C=O) groups is 6. The van der Waals surface area contributed by atoms with Crippen LogP contribution < -0.4 is 21.3 Å². The van der Waals surface area contributed by atoms with Crippen LogP contribution in [0.1, 0.15) is 56.8 Å². The van der Waals surface area contributed by atoms with Gasteiger partial charge in [0, 0.05) is 32.8 Å². The number of amides is 4. The van der Waals surface area contributed by atoms with E-state index in [-0.39, 0.29) is 65.3 Å². The Bertz CT molecular complexity index is 2740. The zero-order valence-corrected chi connectivity index (χ0v) is 38.3. The summed E-state index contributed by atoms with van der Waals surface area (Å²) in [6.45, 7) is 5.28. The fourth-order valence-corrected chi connectivity index (χ4v) is 6.93. The zero-order valence-electron chi connectivity index (χ0n) is 35.3. The van der Waals surface area contributed by atoms with E-state index in [1.165, 1.54) is 48.5 Å². The standard InChI is InChI=1S/C44H32Cl4F6N8O6/c1-19-20(2)32(58-42(68)38(22(4)64)62-60-34-10-6-8-30(36(34)48)40(66)56-28-16-24(44(52,53)54)14-26(46)18-28)12-11-31(19)57-41(67)37(21(3)63)61-59-33-9-5-7-29(35(33)47)39(65)55-27-15-23(43(49,50)51)13-25(45)17-27/h5-18,37-38H,1-4H3,(H,55,65)(H,56,66)(H,57,67)(H,58,68). The lowest BCUT2D eigenvalue weighted by Gasteiger charge is -2.17. The van der Waals surface area contributed by atoms with E-state index < -0.39 is 70.8 Å². The molecule has 0 radical (unpaired) electrons. The summed E-state index contributed by atoms with van der Waals surface area (Å²) in [7, 11) is 0. The molecule has 24 heteroatoms. The molecule has 0 aliphatic carbocycles. The van der Waals surface area contributed by atoms with Gasteiger partial charge >= 0.3 is 12.4 Å². The van der Waals surface area contributed by atoms with Gasteiger partial charge in [0.05, 0.1) is 32.3 Å². The Labute approximate surface area is 401 Å². The average Bonchev–Trinajstić information content (AvgIpc) is 3.23. The number of azo groups is 2. The molecule has 0 fully saturated rings. The van der Waals surface area contributed by atoms with Crippen LogP contribution in [-0.2, 0) is 31.5 Å². The Kier molecular flexibility index (Phi) is 16.5. The smallest absolute Gasteiger partial charge is 0.324 e. The van der Waals surface area contributed by atoms with Gasteiger partial charge < -0.3 is 21.3 Å². The number of rotatable bonds is 14. The van der Waals surface area contributed by atoms with E-state index in [0.29, 0.717) is 35.4 Å². The molecule has 354 valence electrons. The van der Waals surface area contributed by atoms with Gasteiger partial charge in [-0.1, -0.05) is 58.5 Å². The van der Waals surface area contributed by atoms with Crippen LogP contribution in [0.4, 0.5) is 60.5 Å². The number of hydrogen-bond donors (Lipinski definition) is 4. The molecule has 0 heterocycles. The topological polar surface area (TPSA) is 200 Å². The zero-order chi connectivity index (χ0) is 50.4. The molecule has 0 bridgehead atoms. The number of hydrogen-bond acceptors (Lipinski definition) is 10. The second kappa shape index (κ2) is 21.5. The first kappa shape index (κ1) is 52.2. The van der Waals surface area contributed by atoms with Crippen molar-refractivity contribution in [3.63, 3.8) is 0 Å². The van der Waals surface area contributed by atoms with Crippen LogP contribution in [0.3, 0.4) is 0 Å². The van der Waals surface area contributed by atoms with Gasteiger partial charge in [-0.05, 0) is 112 Å². The summed E-state index contributed by atoms with van der Waals surface area (Å²) in [4.78, 5) is 78.0. The third-order valence-electron chi connectivity index (χ3n) is 9.54. The number of anilines is 4. The van der Waals surface area contributed by atoms with E-state index in [1.807, 2.05) is 0 Å². The van der Waals surface area contributed by atoms with Crippen molar-refractivity contribution in [2.24, 2.45) is 20.5 Å². The normalized spacial score (nSPS) is 12.7. The SMILES string of the molecule is CC(=O)C(N=Nc1cccc(C(=O)Nc2cc(Cl)cc(C(F)(F)F)c2)c1Cl)C(=O)Nc1ccc(NC(=O)C(N=Nc2cccc(C(=O)Nc3cc(Cl)cc(C(F)(F)F)c3)c2Cl)C(C)=O)c(C)c1C. The van der Waals surface area contributed by atoms with Crippen molar-refractivity contribution >= 4 is 116 Å². The van der Waals surface area contributed by atoms with Crippen molar-refractivity contribution < 1.29 is 55.1 Å². The number of Topliss-reactive ketones (excluding diaryl/α,β-unsaturated/α-hetero) is 2. The van der Waals surface area contributed by atoms with E-state index in [1.54, 1.807) is 13.8 Å². The number of nitrogens with one attached hydrogen (secondary N) is 4. The van der Waals surface area contributed by atoms with Crippen LogP contribution in [-0.4, -0.2) is 47.3 Å². The summed E-state index contributed by atoms with van der Waals surface area (Å²) in [5.74, 6) is -5.25. The average molecular weight is 1020 g/mol. The fraction of sp³-hybridized carbons (Fsp3) is 0.182. The van der Waals surface area contributed by atoms with Crippen LogP contribution in [0.15, 0.2) is 105 Å². The number of halogens is 10. The highest BCUT2D eigenvalue weighted by atomic mass is 35.5. The van der Waals surface area contributed by atoms with Crippen molar-refractivity contribution in [3.05, 3.63) is 138 Å². The van der Waals surface area contributed by atoms with Crippen LogP contribution >= 0.6 is 46.4 Å². The lowest BCUT2D eigenvalue weighted by atomic mass is 10.0. The maximum Gasteiger partial charge on any atom is 0.416 e. The molecule has 0 spiro atoms. The van der Waals surface area contributed by atoms with Gasteiger partial charge in [-0.2, -0.15) is 46.8 Å². The van der Waals surface area contributed by atoms with Gasteiger partial charge in [0.15, 0.2) is 11.6 Å². The Morgan fingerprint density at radius 1 is 0.515 bits per heavy atom. The number of nitrogens with zero attached hydrogens (tertiary/aromatic N) is 4. The summed E-state index contributed by atoms with van der Waals surface area (Å²) >= 11 is 24.4. The van der Waals surface area contributed by atoms with Crippen LogP contribution in [0.5, 0.6) is 0 Å². The Morgan fingerprint density at radius 2 is 0.868 bits per heavy atom. The minimum absolute atomic E-state index is 0.168. The summed E-state index contributed by atoms with van der Waals surface area (Å²) < 4.78 is 79.7. The van der Waals surface area contributed by atoms with Crippen LogP contribution in [0.2, 0.25) is 20.1 Å². The monoisotopic (exact) mass is 1020 g/mol. The number of benzene rings is 5. The molecule has 4 N–H and O–H groups in total. The molecule has 5 aromatic carbocycles. The Balaban J connectivity index is 1.27. The lowest BCUT2D eigenvalue weighted by molar-refractivity contribution is -0.138. The largest absolute Gasteiger partial charge is 0.416 e. The first-order valence-electron chi connectivity index (χ1n) is 19.2. The number of carbonyl (C=O) groups excluding carboxylic acids is 6. The summed E-state index contributed by atoms with van der Waals surface area (Å²) in [5.41, 5.74) is -2.42. The fourth-order valence-electron chi connectivity index (χ4n) is 5.96. The molecule has 0 aliphatic rings. The molecular formula is C44H32Cl4F6N8O6. The van der Waals surface area contributed by atoms with Gasteiger partial charge in [0.2, 0.25) is 12.1 Å². The van der Waals surface area contributed by atoms with Crippen molar-refractivity contribution in [1.29, 1.82) is 0 Å². The van der Waals surface area contributed by atoms with Gasteiger partial charge in [0.1, 0.15) is 11.4 Å². The van der Waals surface area contributed by atoms with E-state index in [0.717, 1.165) is 26.0 Å². The van der Waals surface area contributed by atoms with Crippen molar-refractivity contribution in [2.75, 3.05) is 21.3 Å². The highest BCUT2D eigenvalue weighted by Crippen LogP contribution is 2.37. The van der Waals surface area contributed by atoms with Crippen LogP contribution in [0, 0.1) is 13.8 Å². The highest BCUT2D eigenvalue weighted by Gasteiger charge is 2.33. The Hall–Kier alpha value is -6.74. The molecule has 14 nitrogen and oxygen atoms in total. The number of alkyl halides is 6. The molecule has 0 saturated heterocycles. The second-order valence-electron chi connectivity index (χ2n) is 14.5. The van der Waals surface area contributed by atoms with E-state index in [9.17, 15) is 55.1 Å². The van der Waals surface area contributed by atoms with Crippen molar-refractivity contribution in [3.8, 4) is 0 Å². The van der Waals surface area contributed by atoms with Gasteiger partial charge in [-0.3, -0.25) is 28.8 Å². The highest BCUT2D eigenvalue weighted by molar-refractivity contribution is 6.37. The molecule has 2 atom stereocenters. The third kappa shape index (κ3) is 13.0. The van der Waals surface area contributed by atoms with E-state index >= 15 is 0 Å². The molecule has 0 aromatic heterocycles. The van der Waals surface area contributed by atoms with E-state index in [4.69, 9.17) is 46.4 Å². The first-order chi connectivity index (χ1) is 31.7. The van der Waals surface area contributed by atoms with Gasteiger partial charge in [-0.25, -0.2) is 0 Å². The van der Waals surface area contributed by atoms with Gasteiger partial charge in [0.25, 0.3) is 23.6 Å². The van der Waals surface area contributed by atoms with Crippen LogP contribution in [0.25, 0.3) is 0 Å². The lowest BCUT2D eigenvalue weighted by Crippen LogP contribution is -2.33. The summed E-state index contributed by atoms with van der Waals surface area (Å²) in [6, 6.07) is 12.0. The van der Waals surface area contributed by atoms with Gasteiger partial charge in [-0.15, -0.1) is 0 Å². The summed E-state index contributed by atoms with van der Waals surface area (Å²) in [6.07, 6.45) is -9.50. The number of ketones is 2. The predicted octanol–water partition coefficient (Wildman–Crippen LogP) is 12.8. The molecule has 4 amide bonds. The Morgan fingerprint density at radius 3 is 1.19 bits per heavy atom. The molecule has 0 saturated carbocycles. The maximum absolute atomic E-state index is 13.4. The van der Waals surface area contributed by atoms with Crippen molar-refractivity contribution in [1.82, 2.24) is 0 Å². The molecule has 5 aromatic rings. The van der Waals surface area contributed by atoms with E-state index in [2.05, 4.69) is 41.7 Å².